The fourth-order valence-electron chi connectivity index (χ4n) is 2.42. The van der Waals surface area contributed by atoms with Gasteiger partial charge in [0.1, 0.15) is 11.9 Å². The monoisotopic (exact) mass is 253 g/mol. The van der Waals surface area contributed by atoms with Gasteiger partial charge < -0.3 is 10.7 Å². The van der Waals surface area contributed by atoms with Crippen LogP contribution in [0.4, 0.5) is 5.82 Å². The molecule has 3 nitrogen and oxygen atoms in total. The van der Waals surface area contributed by atoms with E-state index in [9.17, 15) is 0 Å². The van der Waals surface area contributed by atoms with Crippen LogP contribution in [-0.2, 0) is 12.8 Å². The highest BCUT2D eigenvalue weighted by atomic mass is 14.9. The summed E-state index contributed by atoms with van der Waals surface area (Å²) < 4.78 is 0. The van der Waals surface area contributed by atoms with Gasteiger partial charge in [0.05, 0.1) is 11.3 Å². The summed E-state index contributed by atoms with van der Waals surface area (Å²) in [4.78, 5) is 3.16. The molecule has 0 aliphatic heterocycles. The number of nitrogens with one attached hydrogen (secondary N) is 1. The number of hydrogen-bond donors (Lipinski definition) is 2. The fraction of sp³-hybridized carbons (Fsp3) is 0.312. The van der Waals surface area contributed by atoms with Crippen LogP contribution in [0.5, 0.6) is 0 Å². The van der Waals surface area contributed by atoms with E-state index in [1.807, 2.05) is 6.92 Å². The Hall–Kier alpha value is -2.21. The van der Waals surface area contributed by atoms with E-state index >= 15 is 0 Å². The van der Waals surface area contributed by atoms with Crippen molar-refractivity contribution in [3.63, 3.8) is 0 Å². The van der Waals surface area contributed by atoms with Gasteiger partial charge in [0, 0.05) is 5.56 Å². The Balaban J connectivity index is 2.67. The van der Waals surface area contributed by atoms with Crippen LogP contribution < -0.4 is 5.73 Å². The molecular weight excluding hydrogens is 234 g/mol. The third-order valence-corrected chi connectivity index (χ3v) is 3.62. The summed E-state index contributed by atoms with van der Waals surface area (Å²) in [7, 11) is 0. The standard InChI is InChI=1S/C16H19N3/c1-4-11-6-7-12(5-2)13(8-11)15-10(3)14(9-17)16(18)19-15/h6-8,19H,4-5,18H2,1-3H3. The lowest BCUT2D eigenvalue weighted by Gasteiger charge is -2.10. The van der Waals surface area contributed by atoms with E-state index < -0.39 is 0 Å². The van der Waals surface area contributed by atoms with Gasteiger partial charge in [0.25, 0.3) is 0 Å². The molecule has 1 aromatic carbocycles. The number of aryl methyl sites for hydroxylation is 2. The van der Waals surface area contributed by atoms with Crippen LogP contribution in [0.2, 0.25) is 0 Å². The smallest absolute Gasteiger partial charge is 0.119 e. The molecule has 0 bridgehead atoms. The van der Waals surface area contributed by atoms with Crippen LogP contribution in [0.25, 0.3) is 11.3 Å². The zero-order valence-corrected chi connectivity index (χ0v) is 11.7. The zero-order valence-electron chi connectivity index (χ0n) is 11.7. The summed E-state index contributed by atoms with van der Waals surface area (Å²) in [6, 6.07) is 8.68. The zero-order chi connectivity index (χ0) is 14.0. The number of nitrogens with zero attached hydrogens (tertiary/aromatic N) is 1. The number of hydrogen-bond acceptors (Lipinski definition) is 2. The molecule has 98 valence electrons. The van der Waals surface area contributed by atoms with E-state index in [1.54, 1.807) is 0 Å². The average molecular weight is 253 g/mol. The normalized spacial score (nSPS) is 10.4. The quantitative estimate of drug-likeness (QED) is 0.878. The van der Waals surface area contributed by atoms with Crippen molar-refractivity contribution >= 4 is 5.82 Å². The van der Waals surface area contributed by atoms with Gasteiger partial charge in [-0.25, -0.2) is 0 Å². The highest BCUT2D eigenvalue weighted by Crippen LogP contribution is 2.32. The molecular formula is C16H19N3. The largest absolute Gasteiger partial charge is 0.384 e. The molecule has 0 saturated heterocycles. The van der Waals surface area contributed by atoms with Crippen molar-refractivity contribution in [1.29, 1.82) is 5.26 Å². The van der Waals surface area contributed by atoms with Gasteiger partial charge in [-0.15, -0.1) is 0 Å². The van der Waals surface area contributed by atoms with Crippen molar-refractivity contribution < 1.29 is 0 Å². The van der Waals surface area contributed by atoms with Crippen molar-refractivity contribution in [3.05, 3.63) is 40.5 Å². The molecule has 3 N–H and O–H groups in total. The number of rotatable bonds is 3. The highest BCUT2D eigenvalue weighted by Gasteiger charge is 2.15. The van der Waals surface area contributed by atoms with Crippen molar-refractivity contribution in [2.24, 2.45) is 0 Å². The maximum Gasteiger partial charge on any atom is 0.119 e. The van der Waals surface area contributed by atoms with Gasteiger partial charge in [-0.3, -0.25) is 0 Å². The Labute approximate surface area is 114 Å². The summed E-state index contributed by atoms with van der Waals surface area (Å²) in [6.45, 7) is 6.22. The maximum absolute atomic E-state index is 9.14. The number of anilines is 1. The van der Waals surface area contributed by atoms with Crippen LogP contribution in [0.15, 0.2) is 18.2 Å². The number of aromatic nitrogens is 1. The fourth-order valence-corrected chi connectivity index (χ4v) is 2.42. The first-order valence-corrected chi connectivity index (χ1v) is 6.62. The molecule has 2 rings (SSSR count). The molecule has 0 radical (unpaired) electrons. The van der Waals surface area contributed by atoms with Gasteiger partial charge in [-0.1, -0.05) is 26.0 Å². The van der Waals surface area contributed by atoms with Crippen LogP contribution in [0.3, 0.4) is 0 Å². The van der Waals surface area contributed by atoms with E-state index in [4.69, 9.17) is 11.0 Å². The van der Waals surface area contributed by atoms with Gasteiger partial charge in [0.15, 0.2) is 0 Å². The van der Waals surface area contributed by atoms with Gasteiger partial charge >= 0.3 is 0 Å². The summed E-state index contributed by atoms with van der Waals surface area (Å²) in [6.07, 6.45) is 1.96. The minimum atomic E-state index is 0.457. The van der Waals surface area contributed by atoms with Gasteiger partial charge in [-0.05, 0) is 42.5 Å². The van der Waals surface area contributed by atoms with Crippen molar-refractivity contribution in [2.45, 2.75) is 33.6 Å². The predicted octanol–water partition coefficient (Wildman–Crippen LogP) is 3.57. The van der Waals surface area contributed by atoms with Crippen LogP contribution in [0, 0.1) is 18.3 Å². The second-order valence-corrected chi connectivity index (χ2v) is 4.72. The van der Waals surface area contributed by atoms with Gasteiger partial charge in [0.2, 0.25) is 0 Å². The van der Waals surface area contributed by atoms with E-state index in [-0.39, 0.29) is 0 Å². The molecule has 0 amide bonds. The molecule has 0 saturated carbocycles. The second kappa shape index (κ2) is 5.19. The summed E-state index contributed by atoms with van der Waals surface area (Å²) in [5.41, 5.74) is 12.1. The molecule has 1 heterocycles. The van der Waals surface area contributed by atoms with E-state index in [0.29, 0.717) is 11.4 Å². The molecule has 0 fully saturated rings. The maximum atomic E-state index is 9.14. The first-order chi connectivity index (χ1) is 9.12. The topological polar surface area (TPSA) is 65.6 Å². The Morgan fingerprint density at radius 2 is 2.00 bits per heavy atom. The number of nitrogen functional groups attached to an aromatic ring is 1. The van der Waals surface area contributed by atoms with Crippen LogP contribution in [-0.4, -0.2) is 4.98 Å². The molecule has 0 atom stereocenters. The first-order valence-electron chi connectivity index (χ1n) is 6.62. The molecule has 2 aromatic rings. The van der Waals surface area contributed by atoms with E-state index in [0.717, 1.165) is 29.7 Å². The minimum Gasteiger partial charge on any atom is -0.384 e. The number of nitriles is 1. The van der Waals surface area contributed by atoms with E-state index in [2.05, 4.69) is 43.1 Å². The lowest BCUT2D eigenvalue weighted by Crippen LogP contribution is -1.92. The lowest BCUT2D eigenvalue weighted by molar-refractivity contribution is 1.10. The van der Waals surface area contributed by atoms with Crippen molar-refractivity contribution in [2.75, 3.05) is 5.73 Å². The lowest BCUT2D eigenvalue weighted by atomic mass is 9.96. The Bertz CT molecular complexity index is 645. The average Bonchev–Trinajstić information content (AvgIpc) is 2.72. The molecule has 0 aliphatic rings. The Morgan fingerprint density at radius 3 is 2.53 bits per heavy atom. The molecule has 0 spiro atoms. The van der Waals surface area contributed by atoms with Crippen molar-refractivity contribution in [3.8, 4) is 17.3 Å². The second-order valence-electron chi connectivity index (χ2n) is 4.72. The molecule has 19 heavy (non-hydrogen) atoms. The number of aromatic amines is 1. The number of nitrogens with two attached hydrogens (primary N) is 1. The van der Waals surface area contributed by atoms with Crippen molar-refractivity contribution in [1.82, 2.24) is 4.98 Å². The SMILES string of the molecule is CCc1ccc(CC)c(-c2[nH]c(N)c(C#N)c2C)c1. The van der Waals surface area contributed by atoms with Crippen LogP contribution in [0.1, 0.15) is 36.1 Å². The van der Waals surface area contributed by atoms with Gasteiger partial charge in [-0.2, -0.15) is 5.26 Å². The molecule has 3 heteroatoms. The molecule has 1 aromatic heterocycles. The third-order valence-electron chi connectivity index (χ3n) is 3.62. The number of benzene rings is 1. The summed E-state index contributed by atoms with van der Waals surface area (Å²) in [5.74, 6) is 0.457. The third kappa shape index (κ3) is 2.22. The number of H-pyrrole nitrogens is 1. The molecule has 0 aliphatic carbocycles. The molecule has 0 unspecified atom stereocenters. The highest BCUT2D eigenvalue weighted by molar-refractivity contribution is 5.75. The summed E-state index contributed by atoms with van der Waals surface area (Å²) in [5, 5.41) is 9.14. The summed E-state index contributed by atoms with van der Waals surface area (Å²) >= 11 is 0. The van der Waals surface area contributed by atoms with E-state index in [1.165, 1.54) is 11.1 Å². The Morgan fingerprint density at radius 1 is 1.26 bits per heavy atom. The predicted molar refractivity (Wildman–Crippen MR) is 78.8 cm³/mol. The first kappa shape index (κ1) is 13.2. The Kier molecular flexibility index (Phi) is 3.62. The minimum absolute atomic E-state index is 0.457. The van der Waals surface area contributed by atoms with Crippen LogP contribution >= 0.6 is 0 Å².